The molecule has 2 aromatic rings. The highest BCUT2D eigenvalue weighted by Gasteiger charge is 2.11. The van der Waals surface area contributed by atoms with E-state index in [0.717, 1.165) is 11.1 Å². The molecule has 0 aromatic heterocycles. The number of rotatable bonds is 1. The number of nitrogens with zero attached hydrogens (tertiary/aromatic N) is 1. The Morgan fingerprint density at radius 1 is 0.684 bits per heavy atom. The van der Waals surface area contributed by atoms with Gasteiger partial charge in [-0.3, -0.25) is 0 Å². The molecule has 94 valence electrons. The third-order valence-corrected chi connectivity index (χ3v) is 3.46. The summed E-state index contributed by atoms with van der Waals surface area (Å²) in [5.41, 5.74) is 3.46. The van der Waals surface area contributed by atoms with E-state index in [1.54, 1.807) is 0 Å². The number of benzene rings is 2. The SMILES string of the molecule is C(#Cc1ccc(N2CCCC2)cc1)c1ccccc1. The Bertz CT molecular complexity index is 581. The molecule has 0 unspecified atom stereocenters. The zero-order chi connectivity index (χ0) is 12.9. The van der Waals surface area contributed by atoms with E-state index in [9.17, 15) is 0 Å². The van der Waals surface area contributed by atoms with Crippen molar-refractivity contribution >= 4 is 5.69 Å². The summed E-state index contributed by atoms with van der Waals surface area (Å²) in [4.78, 5) is 2.44. The molecule has 1 heteroatoms. The second kappa shape index (κ2) is 5.63. The molecule has 0 spiro atoms. The van der Waals surface area contributed by atoms with Crippen LogP contribution in [0.5, 0.6) is 0 Å². The summed E-state index contributed by atoms with van der Waals surface area (Å²) in [6.07, 6.45) is 2.63. The predicted molar refractivity (Wildman–Crippen MR) is 80.3 cm³/mol. The minimum absolute atomic E-state index is 1.06. The van der Waals surface area contributed by atoms with Crippen molar-refractivity contribution in [3.63, 3.8) is 0 Å². The van der Waals surface area contributed by atoms with Gasteiger partial charge in [-0.15, -0.1) is 0 Å². The average Bonchev–Trinajstić information content (AvgIpc) is 3.01. The summed E-state index contributed by atoms with van der Waals surface area (Å²) in [6, 6.07) is 18.7. The molecule has 0 radical (unpaired) electrons. The molecule has 0 atom stereocenters. The van der Waals surface area contributed by atoms with Crippen LogP contribution in [0.25, 0.3) is 0 Å². The van der Waals surface area contributed by atoms with Crippen LogP contribution in [0.3, 0.4) is 0 Å². The second-order valence-electron chi connectivity index (χ2n) is 4.86. The van der Waals surface area contributed by atoms with Crippen molar-refractivity contribution in [1.29, 1.82) is 0 Å². The van der Waals surface area contributed by atoms with Gasteiger partial charge < -0.3 is 4.90 Å². The van der Waals surface area contributed by atoms with Gasteiger partial charge in [0.2, 0.25) is 0 Å². The molecule has 1 fully saturated rings. The average molecular weight is 247 g/mol. The van der Waals surface area contributed by atoms with Crippen molar-refractivity contribution in [1.82, 2.24) is 0 Å². The van der Waals surface area contributed by atoms with Crippen LogP contribution in [-0.2, 0) is 0 Å². The normalized spacial score (nSPS) is 14.0. The monoisotopic (exact) mass is 247 g/mol. The minimum Gasteiger partial charge on any atom is -0.372 e. The Labute approximate surface area is 114 Å². The quantitative estimate of drug-likeness (QED) is 0.695. The molecular weight excluding hydrogens is 230 g/mol. The first-order valence-corrected chi connectivity index (χ1v) is 6.84. The largest absolute Gasteiger partial charge is 0.372 e. The number of anilines is 1. The molecule has 3 rings (SSSR count). The first kappa shape index (κ1) is 11.9. The van der Waals surface area contributed by atoms with Crippen molar-refractivity contribution in [2.45, 2.75) is 12.8 Å². The maximum Gasteiger partial charge on any atom is 0.0367 e. The molecule has 0 amide bonds. The van der Waals surface area contributed by atoms with Crippen LogP contribution < -0.4 is 4.90 Å². The van der Waals surface area contributed by atoms with Gasteiger partial charge in [0.15, 0.2) is 0 Å². The molecule has 2 aromatic carbocycles. The molecule has 0 aliphatic carbocycles. The van der Waals surface area contributed by atoms with Crippen molar-refractivity contribution in [3.05, 3.63) is 65.7 Å². The second-order valence-corrected chi connectivity index (χ2v) is 4.86. The fourth-order valence-corrected chi connectivity index (χ4v) is 2.40. The van der Waals surface area contributed by atoms with Crippen LogP contribution in [0.15, 0.2) is 54.6 Å². The fraction of sp³-hybridized carbons (Fsp3) is 0.222. The highest BCUT2D eigenvalue weighted by Crippen LogP contribution is 2.20. The molecule has 1 heterocycles. The van der Waals surface area contributed by atoms with E-state index in [1.165, 1.54) is 31.6 Å². The molecule has 0 N–H and O–H groups in total. The minimum atomic E-state index is 1.06. The smallest absolute Gasteiger partial charge is 0.0367 e. The number of hydrogen-bond donors (Lipinski definition) is 0. The first-order valence-electron chi connectivity index (χ1n) is 6.84. The van der Waals surface area contributed by atoms with Gasteiger partial charge in [0.05, 0.1) is 0 Å². The lowest BCUT2D eigenvalue weighted by molar-refractivity contribution is 0.949. The van der Waals surface area contributed by atoms with E-state index in [4.69, 9.17) is 0 Å². The Morgan fingerprint density at radius 3 is 1.89 bits per heavy atom. The lowest BCUT2D eigenvalue weighted by atomic mass is 10.1. The van der Waals surface area contributed by atoms with Crippen LogP contribution in [0.1, 0.15) is 24.0 Å². The van der Waals surface area contributed by atoms with Crippen LogP contribution in [0.4, 0.5) is 5.69 Å². The standard InChI is InChI=1S/C18H17N/c1-2-6-16(7-3-1)8-9-17-10-12-18(13-11-17)19-14-4-5-15-19/h1-3,6-7,10-13H,4-5,14-15H2. The zero-order valence-corrected chi connectivity index (χ0v) is 11.0. The van der Waals surface area contributed by atoms with Gasteiger partial charge in [0.1, 0.15) is 0 Å². The highest BCUT2D eigenvalue weighted by molar-refractivity contribution is 5.52. The summed E-state index contributed by atoms with van der Waals surface area (Å²) < 4.78 is 0. The first-order chi connectivity index (χ1) is 9.42. The van der Waals surface area contributed by atoms with Crippen LogP contribution in [-0.4, -0.2) is 13.1 Å². The predicted octanol–water partition coefficient (Wildman–Crippen LogP) is 3.69. The van der Waals surface area contributed by atoms with Crippen LogP contribution in [0, 0.1) is 11.8 Å². The van der Waals surface area contributed by atoms with Gasteiger partial charge in [-0.25, -0.2) is 0 Å². The van der Waals surface area contributed by atoms with Crippen LogP contribution >= 0.6 is 0 Å². The number of hydrogen-bond acceptors (Lipinski definition) is 1. The van der Waals surface area contributed by atoms with Gasteiger partial charge >= 0.3 is 0 Å². The Kier molecular flexibility index (Phi) is 3.51. The molecular formula is C18H17N. The van der Waals surface area contributed by atoms with Gasteiger partial charge in [-0.2, -0.15) is 0 Å². The molecule has 1 aliphatic heterocycles. The summed E-state index contributed by atoms with van der Waals surface area (Å²) in [5.74, 6) is 6.40. The van der Waals surface area contributed by atoms with E-state index in [2.05, 4.69) is 41.0 Å². The zero-order valence-electron chi connectivity index (χ0n) is 11.0. The molecule has 1 saturated heterocycles. The Hall–Kier alpha value is -2.20. The lowest BCUT2D eigenvalue weighted by Gasteiger charge is -2.17. The van der Waals surface area contributed by atoms with E-state index in [1.807, 2.05) is 30.3 Å². The van der Waals surface area contributed by atoms with Gasteiger partial charge in [0, 0.05) is 29.9 Å². The fourth-order valence-electron chi connectivity index (χ4n) is 2.40. The maximum absolute atomic E-state index is 3.21. The summed E-state index contributed by atoms with van der Waals surface area (Å²) in [7, 11) is 0. The van der Waals surface area contributed by atoms with E-state index < -0.39 is 0 Å². The van der Waals surface area contributed by atoms with Gasteiger partial charge in [-0.1, -0.05) is 30.0 Å². The third kappa shape index (κ3) is 2.98. The highest BCUT2D eigenvalue weighted by atomic mass is 15.1. The van der Waals surface area contributed by atoms with Crippen molar-refractivity contribution in [2.75, 3.05) is 18.0 Å². The van der Waals surface area contributed by atoms with Gasteiger partial charge in [-0.05, 0) is 49.2 Å². The molecule has 1 nitrogen and oxygen atoms in total. The third-order valence-electron chi connectivity index (χ3n) is 3.46. The van der Waals surface area contributed by atoms with Crippen molar-refractivity contribution < 1.29 is 0 Å². The Morgan fingerprint density at radius 2 is 1.26 bits per heavy atom. The van der Waals surface area contributed by atoms with Crippen molar-refractivity contribution in [3.8, 4) is 11.8 Å². The topological polar surface area (TPSA) is 3.24 Å². The lowest BCUT2D eigenvalue weighted by Crippen LogP contribution is -2.17. The molecule has 1 aliphatic rings. The molecule has 0 bridgehead atoms. The van der Waals surface area contributed by atoms with Crippen LogP contribution in [0.2, 0.25) is 0 Å². The maximum atomic E-state index is 3.21. The molecule has 0 saturated carbocycles. The van der Waals surface area contributed by atoms with E-state index >= 15 is 0 Å². The summed E-state index contributed by atoms with van der Waals surface area (Å²) >= 11 is 0. The van der Waals surface area contributed by atoms with E-state index in [0.29, 0.717) is 0 Å². The summed E-state index contributed by atoms with van der Waals surface area (Å²) in [5, 5.41) is 0. The van der Waals surface area contributed by atoms with Crippen molar-refractivity contribution in [2.24, 2.45) is 0 Å². The van der Waals surface area contributed by atoms with E-state index in [-0.39, 0.29) is 0 Å². The van der Waals surface area contributed by atoms with Gasteiger partial charge in [0.25, 0.3) is 0 Å². The molecule has 19 heavy (non-hydrogen) atoms. The summed E-state index contributed by atoms with van der Waals surface area (Å²) in [6.45, 7) is 2.38. The Balaban J connectivity index is 1.74.